The van der Waals surface area contributed by atoms with Crippen LogP contribution in [0.15, 0.2) is 23.9 Å². The van der Waals surface area contributed by atoms with Gasteiger partial charge in [-0.15, -0.1) is 0 Å². The molecule has 0 atom stereocenters. The Morgan fingerprint density at radius 2 is 2.27 bits per heavy atom. The molecule has 0 amide bonds. The molecule has 7 nitrogen and oxygen atoms in total. The number of nitriles is 1. The molecule has 22 heavy (non-hydrogen) atoms. The fraction of sp³-hybridized carbons (Fsp3) is 0.267. The van der Waals surface area contributed by atoms with Gasteiger partial charge >= 0.3 is 5.97 Å². The van der Waals surface area contributed by atoms with Crippen molar-refractivity contribution >= 4 is 17.7 Å². The van der Waals surface area contributed by atoms with Crippen LogP contribution in [0.3, 0.4) is 0 Å². The van der Waals surface area contributed by atoms with Crippen LogP contribution in [-0.4, -0.2) is 33.7 Å². The summed E-state index contributed by atoms with van der Waals surface area (Å²) in [6.45, 7) is 3.66. The molecule has 7 heteroatoms. The summed E-state index contributed by atoms with van der Waals surface area (Å²) in [5, 5.41) is 18.0. The Kier molecular flexibility index (Phi) is 4.32. The number of methoxy groups -OCH3 is 1. The minimum absolute atomic E-state index is 0.154. The monoisotopic (exact) mass is 301 g/mol. The van der Waals surface area contributed by atoms with E-state index < -0.39 is 11.5 Å². The molecule has 0 radical (unpaired) electrons. The van der Waals surface area contributed by atoms with Crippen molar-refractivity contribution in [3.8, 4) is 17.7 Å². The van der Waals surface area contributed by atoms with Gasteiger partial charge in [-0.05, 0) is 32.1 Å². The summed E-state index contributed by atoms with van der Waals surface area (Å²) in [5.41, 5.74) is 0.453. The van der Waals surface area contributed by atoms with Gasteiger partial charge in [0.15, 0.2) is 11.4 Å². The molecule has 2 aromatic rings. The predicted molar refractivity (Wildman–Crippen MR) is 78.7 cm³/mol. The lowest BCUT2D eigenvalue weighted by Crippen LogP contribution is -2.07. The van der Waals surface area contributed by atoms with Crippen molar-refractivity contribution in [3.05, 3.63) is 29.6 Å². The smallest absolute Gasteiger partial charge is 0.346 e. The van der Waals surface area contributed by atoms with Gasteiger partial charge in [0.05, 0.1) is 13.2 Å². The number of hydrogen-bond donors (Lipinski definition) is 1. The van der Waals surface area contributed by atoms with Gasteiger partial charge in [-0.25, -0.2) is 4.79 Å². The molecule has 2 rings (SSSR count). The van der Waals surface area contributed by atoms with Crippen LogP contribution in [0.5, 0.6) is 11.6 Å². The topological polar surface area (TPSA) is 96.9 Å². The van der Waals surface area contributed by atoms with Crippen LogP contribution in [0.1, 0.15) is 19.5 Å². The van der Waals surface area contributed by atoms with E-state index in [-0.39, 0.29) is 12.0 Å². The van der Waals surface area contributed by atoms with Crippen LogP contribution >= 0.6 is 0 Å². The summed E-state index contributed by atoms with van der Waals surface area (Å²) in [6, 6.07) is 5.11. The SMILES string of the molecule is COc1cccn2c(C=C(C#N)C(=O)O)c(OC(C)C)nc12. The first-order valence-electron chi connectivity index (χ1n) is 6.54. The van der Waals surface area contributed by atoms with E-state index in [1.807, 2.05) is 13.8 Å². The molecule has 0 aliphatic heterocycles. The van der Waals surface area contributed by atoms with Gasteiger partial charge < -0.3 is 14.6 Å². The van der Waals surface area contributed by atoms with E-state index in [0.717, 1.165) is 0 Å². The van der Waals surface area contributed by atoms with E-state index in [9.17, 15) is 4.79 Å². The van der Waals surface area contributed by atoms with Crippen LogP contribution in [-0.2, 0) is 4.79 Å². The number of ether oxygens (including phenoxy) is 2. The highest BCUT2D eigenvalue weighted by Gasteiger charge is 2.18. The number of imidazole rings is 1. The molecule has 0 fully saturated rings. The number of rotatable bonds is 5. The fourth-order valence-corrected chi connectivity index (χ4v) is 1.92. The summed E-state index contributed by atoms with van der Waals surface area (Å²) in [4.78, 5) is 15.4. The summed E-state index contributed by atoms with van der Waals surface area (Å²) in [5.74, 6) is -0.547. The first-order chi connectivity index (χ1) is 10.5. The molecule has 0 aromatic carbocycles. The van der Waals surface area contributed by atoms with Gasteiger partial charge in [0.25, 0.3) is 0 Å². The van der Waals surface area contributed by atoms with E-state index in [0.29, 0.717) is 17.1 Å². The number of nitrogens with zero attached hydrogens (tertiary/aromatic N) is 3. The van der Waals surface area contributed by atoms with Gasteiger partial charge in [0.2, 0.25) is 5.88 Å². The summed E-state index contributed by atoms with van der Waals surface area (Å²) in [6.07, 6.45) is 2.78. The highest BCUT2D eigenvalue weighted by Crippen LogP contribution is 2.28. The second kappa shape index (κ2) is 6.18. The molecule has 114 valence electrons. The zero-order chi connectivity index (χ0) is 16.3. The number of hydrogen-bond acceptors (Lipinski definition) is 5. The third-order valence-electron chi connectivity index (χ3n) is 2.82. The zero-order valence-electron chi connectivity index (χ0n) is 12.4. The van der Waals surface area contributed by atoms with Gasteiger partial charge in [-0.2, -0.15) is 10.2 Å². The number of fused-ring (bicyclic) bond motifs is 1. The second-order valence-corrected chi connectivity index (χ2v) is 4.71. The number of aromatic nitrogens is 2. The lowest BCUT2D eigenvalue weighted by molar-refractivity contribution is -0.132. The molecular formula is C15H15N3O4. The molecule has 2 heterocycles. The predicted octanol–water partition coefficient (Wildman–Crippen LogP) is 2.12. The molecule has 0 aliphatic carbocycles. The van der Waals surface area contributed by atoms with E-state index in [4.69, 9.17) is 19.8 Å². The Bertz CT molecular complexity index is 784. The second-order valence-electron chi connectivity index (χ2n) is 4.71. The van der Waals surface area contributed by atoms with Gasteiger partial charge in [-0.1, -0.05) is 0 Å². The van der Waals surface area contributed by atoms with Crippen molar-refractivity contribution < 1.29 is 19.4 Å². The van der Waals surface area contributed by atoms with Crippen molar-refractivity contribution in [1.82, 2.24) is 9.38 Å². The van der Waals surface area contributed by atoms with Crippen molar-refractivity contribution in [2.45, 2.75) is 20.0 Å². The normalized spacial score (nSPS) is 11.5. The van der Waals surface area contributed by atoms with Gasteiger partial charge in [0.1, 0.15) is 17.3 Å². The highest BCUT2D eigenvalue weighted by atomic mass is 16.5. The van der Waals surface area contributed by atoms with Crippen molar-refractivity contribution in [1.29, 1.82) is 5.26 Å². The van der Waals surface area contributed by atoms with E-state index in [1.54, 1.807) is 28.8 Å². The molecular weight excluding hydrogens is 286 g/mol. The van der Waals surface area contributed by atoms with E-state index >= 15 is 0 Å². The fourth-order valence-electron chi connectivity index (χ4n) is 1.92. The summed E-state index contributed by atoms with van der Waals surface area (Å²) in [7, 11) is 1.51. The van der Waals surface area contributed by atoms with Gasteiger partial charge in [-0.3, -0.25) is 4.40 Å². The lowest BCUT2D eigenvalue weighted by atomic mass is 10.2. The number of carboxylic acid groups (broad SMARTS) is 1. The Hall–Kier alpha value is -3.01. The number of carbonyl (C=O) groups is 1. The van der Waals surface area contributed by atoms with E-state index in [1.165, 1.54) is 13.2 Å². The highest BCUT2D eigenvalue weighted by molar-refractivity contribution is 5.96. The molecule has 0 aliphatic rings. The summed E-state index contributed by atoms with van der Waals surface area (Å²) < 4.78 is 12.5. The molecule has 2 aromatic heterocycles. The third kappa shape index (κ3) is 2.86. The van der Waals surface area contributed by atoms with Crippen LogP contribution in [0.4, 0.5) is 0 Å². The Morgan fingerprint density at radius 1 is 1.55 bits per heavy atom. The lowest BCUT2D eigenvalue weighted by Gasteiger charge is -2.07. The van der Waals surface area contributed by atoms with Crippen molar-refractivity contribution in [2.75, 3.05) is 7.11 Å². The van der Waals surface area contributed by atoms with Crippen molar-refractivity contribution in [3.63, 3.8) is 0 Å². The van der Waals surface area contributed by atoms with Crippen LogP contribution in [0.25, 0.3) is 11.7 Å². The number of pyridine rings is 1. The first-order valence-corrected chi connectivity index (χ1v) is 6.54. The first kappa shape index (κ1) is 15.4. The average Bonchev–Trinajstić information content (AvgIpc) is 2.80. The quantitative estimate of drug-likeness (QED) is 0.671. The zero-order valence-corrected chi connectivity index (χ0v) is 12.4. The third-order valence-corrected chi connectivity index (χ3v) is 2.82. The molecule has 0 spiro atoms. The van der Waals surface area contributed by atoms with Crippen LogP contribution in [0.2, 0.25) is 0 Å². The minimum atomic E-state index is -1.31. The number of carboxylic acids is 1. The molecule has 0 saturated carbocycles. The molecule has 0 unspecified atom stereocenters. The van der Waals surface area contributed by atoms with E-state index in [2.05, 4.69) is 4.98 Å². The minimum Gasteiger partial charge on any atom is -0.493 e. The maximum Gasteiger partial charge on any atom is 0.346 e. The standard InChI is InChI=1S/C15H15N3O4/c1-9(2)22-14-11(7-10(8-16)15(19)20)18-6-4-5-12(21-3)13(18)17-14/h4-7,9H,1-3H3,(H,19,20). The maximum atomic E-state index is 11.1. The molecule has 0 saturated heterocycles. The summed E-state index contributed by atoms with van der Waals surface area (Å²) >= 11 is 0. The number of aliphatic carboxylic acids is 1. The Balaban J connectivity index is 2.74. The Morgan fingerprint density at radius 3 is 2.82 bits per heavy atom. The largest absolute Gasteiger partial charge is 0.493 e. The van der Waals surface area contributed by atoms with Gasteiger partial charge in [0, 0.05) is 6.20 Å². The average molecular weight is 301 g/mol. The van der Waals surface area contributed by atoms with Crippen LogP contribution in [0, 0.1) is 11.3 Å². The van der Waals surface area contributed by atoms with Crippen LogP contribution < -0.4 is 9.47 Å². The maximum absolute atomic E-state index is 11.1. The Labute approximate surface area is 127 Å². The molecule has 0 bridgehead atoms. The molecule has 1 N–H and O–H groups in total. The van der Waals surface area contributed by atoms with Crippen molar-refractivity contribution in [2.24, 2.45) is 0 Å².